The molecule has 110 valence electrons. The number of hydrogen-bond donors (Lipinski definition) is 1. The van der Waals surface area contributed by atoms with Crippen LogP contribution in [0.2, 0.25) is 0 Å². The van der Waals surface area contributed by atoms with Crippen LogP contribution in [0.15, 0.2) is 18.2 Å². The van der Waals surface area contributed by atoms with Crippen molar-refractivity contribution >= 4 is 5.82 Å². The Morgan fingerprint density at radius 1 is 1.24 bits per heavy atom. The molecule has 0 aliphatic heterocycles. The third-order valence-corrected chi connectivity index (χ3v) is 3.64. The second-order valence-electron chi connectivity index (χ2n) is 5.40. The fraction of sp³-hybridized carbons (Fsp3) is 0.375. The van der Waals surface area contributed by atoms with E-state index in [1.807, 2.05) is 20.9 Å². The molecule has 3 rings (SSSR count). The van der Waals surface area contributed by atoms with Crippen LogP contribution < -0.4 is 10.1 Å². The van der Waals surface area contributed by atoms with Crippen LogP contribution in [-0.2, 0) is 0 Å². The number of aryl methyl sites for hydroxylation is 1. The Morgan fingerprint density at radius 2 is 2.00 bits per heavy atom. The fourth-order valence-electron chi connectivity index (χ4n) is 2.21. The Labute approximate surface area is 123 Å². The minimum Gasteiger partial charge on any atom is -0.438 e. The lowest BCUT2D eigenvalue weighted by Gasteiger charge is -2.14. The average Bonchev–Trinajstić information content (AvgIpc) is 3.28. The first-order chi connectivity index (χ1) is 10.1. The van der Waals surface area contributed by atoms with Gasteiger partial charge in [0.2, 0.25) is 5.88 Å². The molecule has 0 amide bonds. The molecule has 1 fully saturated rings. The quantitative estimate of drug-likeness (QED) is 0.925. The van der Waals surface area contributed by atoms with Gasteiger partial charge in [0.05, 0.1) is 5.56 Å². The predicted octanol–water partition coefficient (Wildman–Crippen LogP) is 3.94. The molecule has 0 bridgehead atoms. The van der Waals surface area contributed by atoms with Gasteiger partial charge in [0.25, 0.3) is 0 Å². The molecular weight excluding hydrogens is 269 g/mol. The van der Waals surface area contributed by atoms with Crippen molar-refractivity contribution in [3.8, 4) is 11.6 Å². The van der Waals surface area contributed by atoms with E-state index in [1.165, 1.54) is 12.1 Å². The van der Waals surface area contributed by atoms with Gasteiger partial charge in [-0.1, -0.05) is 0 Å². The van der Waals surface area contributed by atoms with Crippen LogP contribution in [0.4, 0.5) is 10.2 Å². The van der Waals surface area contributed by atoms with Gasteiger partial charge in [-0.3, -0.25) is 0 Å². The first-order valence-corrected chi connectivity index (χ1v) is 7.08. The number of aromatic nitrogens is 2. The summed E-state index contributed by atoms with van der Waals surface area (Å²) in [5, 5.41) is 3.08. The van der Waals surface area contributed by atoms with Crippen molar-refractivity contribution in [3.05, 3.63) is 41.0 Å². The monoisotopic (exact) mass is 287 g/mol. The first-order valence-electron chi connectivity index (χ1n) is 7.08. The molecule has 0 radical (unpaired) electrons. The van der Waals surface area contributed by atoms with Gasteiger partial charge in [0, 0.05) is 13.0 Å². The highest BCUT2D eigenvalue weighted by Crippen LogP contribution is 2.40. The van der Waals surface area contributed by atoms with Crippen molar-refractivity contribution in [1.29, 1.82) is 0 Å². The maximum absolute atomic E-state index is 13.2. The van der Waals surface area contributed by atoms with Crippen molar-refractivity contribution in [1.82, 2.24) is 9.97 Å². The summed E-state index contributed by atoms with van der Waals surface area (Å²) in [6.07, 6.45) is 2.25. The van der Waals surface area contributed by atoms with Gasteiger partial charge in [-0.15, -0.1) is 0 Å². The molecule has 4 nitrogen and oxygen atoms in total. The maximum atomic E-state index is 13.2. The van der Waals surface area contributed by atoms with E-state index in [4.69, 9.17) is 4.74 Å². The van der Waals surface area contributed by atoms with E-state index in [2.05, 4.69) is 15.3 Å². The molecule has 21 heavy (non-hydrogen) atoms. The first kappa shape index (κ1) is 13.8. The summed E-state index contributed by atoms with van der Waals surface area (Å²) >= 11 is 0. The van der Waals surface area contributed by atoms with Crippen molar-refractivity contribution in [2.45, 2.75) is 32.6 Å². The van der Waals surface area contributed by atoms with Crippen LogP contribution in [0.5, 0.6) is 11.6 Å². The molecule has 1 aliphatic rings. The van der Waals surface area contributed by atoms with Crippen molar-refractivity contribution in [3.63, 3.8) is 0 Å². The van der Waals surface area contributed by atoms with Crippen LogP contribution in [-0.4, -0.2) is 17.0 Å². The fourth-order valence-corrected chi connectivity index (χ4v) is 2.21. The van der Waals surface area contributed by atoms with Gasteiger partial charge < -0.3 is 10.1 Å². The number of benzene rings is 1. The molecule has 0 unspecified atom stereocenters. The van der Waals surface area contributed by atoms with Gasteiger partial charge in [-0.05, 0) is 50.5 Å². The van der Waals surface area contributed by atoms with Gasteiger partial charge in [0.15, 0.2) is 0 Å². The lowest BCUT2D eigenvalue weighted by Crippen LogP contribution is -2.05. The van der Waals surface area contributed by atoms with Crippen LogP contribution in [0.3, 0.4) is 0 Å². The average molecular weight is 287 g/mol. The van der Waals surface area contributed by atoms with E-state index >= 15 is 0 Å². The Balaban J connectivity index is 1.98. The zero-order valence-corrected chi connectivity index (χ0v) is 12.4. The van der Waals surface area contributed by atoms with E-state index in [9.17, 15) is 4.39 Å². The van der Waals surface area contributed by atoms with Gasteiger partial charge >= 0.3 is 0 Å². The molecule has 1 aromatic carbocycles. The summed E-state index contributed by atoms with van der Waals surface area (Å²) < 4.78 is 19.1. The Bertz CT molecular complexity index is 683. The van der Waals surface area contributed by atoms with E-state index in [-0.39, 0.29) is 5.82 Å². The molecule has 1 aliphatic carbocycles. The van der Waals surface area contributed by atoms with E-state index < -0.39 is 0 Å². The molecule has 2 aromatic rings. The summed E-state index contributed by atoms with van der Waals surface area (Å²) in [5.74, 6) is 2.91. The van der Waals surface area contributed by atoms with Gasteiger partial charge in [-0.2, -0.15) is 4.98 Å². The topological polar surface area (TPSA) is 47.0 Å². The van der Waals surface area contributed by atoms with Crippen molar-refractivity contribution < 1.29 is 9.13 Å². The number of ether oxygens (including phenoxy) is 1. The van der Waals surface area contributed by atoms with Crippen LogP contribution in [0, 0.1) is 19.7 Å². The van der Waals surface area contributed by atoms with Crippen molar-refractivity contribution in [2.75, 3.05) is 12.4 Å². The largest absolute Gasteiger partial charge is 0.438 e. The molecule has 0 spiro atoms. The number of hydrogen-bond acceptors (Lipinski definition) is 4. The predicted molar refractivity (Wildman–Crippen MR) is 79.5 cm³/mol. The molecular formula is C16H18FN3O. The third kappa shape index (κ3) is 2.82. The summed E-state index contributed by atoms with van der Waals surface area (Å²) in [6, 6.07) is 4.47. The summed E-state index contributed by atoms with van der Waals surface area (Å²) in [4.78, 5) is 9.06. The minimum absolute atomic E-state index is 0.270. The highest BCUT2D eigenvalue weighted by molar-refractivity contribution is 5.50. The summed E-state index contributed by atoms with van der Waals surface area (Å²) in [5.41, 5.74) is 1.60. The highest BCUT2D eigenvalue weighted by Gasteiger charge is 2.28. The Kier molecular flexibility index (Phi) is 3.49. The zero-order chi connectivity index (χ0) is 15.0. The van der Waals surface area contributed by atoms with E-state index in [0.717, 1.165) is 35.6 Å². The number of nitrogens with one attached hydrogen (secondary N) is 1. The second kappa shape index (κ2) is 5.31. The summed E-state index contributed by atoms with van der Waals surface area (Å²) in [6.45, 7) is 3.73. The van der Waals surface area contributed by atoms with Gasteiger partial charge in [0.1, 0.15) is 23.2 Å². The summed E-state index contributed by atoms with van der Waals surface area (Å²) in [7, 11) is 1.83. The minimum atomic E-state index is -0.270. The maximum Gasteiger partial charge on any atom is 0.227 e. The molecule has 1 N–H and O–H groups in total. The van der Waals surface area contributed by atoms with E-state index in [0.29, 0.717) is 17.5 Å². The molecule has 0 atom stereocenters. The van der Waals surface area contributed by atoms with Crippen molar-refractivity contribution in [2.24, 2.45) is 0 Å². The molecule has 0 saturated heterocycles. The zero-order valence-electron chi connectivity index (χ0n) is 12.4. The number of anilines is 1. The standard InChI is InChI=1S/C16H18FN3O/c1-9-8-12(17)6-7-13(9)21-16-10(2)14(18-3)19-15(20-16)11-4-5-11/h6-8,11H,4-5H2,1-3H3,(H,18,19,20). The Hall–Kier alpha value is -2.17. The van der Waals surface area contributed by atoms with Crippen LogP contribution >= 0.6 is 0 Å². The molecule has 5 heteroatoms. The molecule has 1 aromatic heterocycles. The van der Waals surface area contributed by atoms with Crippen LogP contribution in [0.1, 0.15) is 35.7 Å². The SMILES string of the molecule is CNc1nc(C2CC2)nc(Oc2ccc(F)cc2C)c1C. The van der Waals surface area contributed by atoms with E-state index in [1.54, 1.807) is 6.07 Å². The Morgan fingerprint density at radius 3 is 2.62 bits per heavy atom. The smallest absolute Gasteiger partial charge is 0.227 e. The second-order valence-corrected chi connectivity index (χ2v) is 5.40. The normalized spacial score (nSPS) is 14.1. The van der Waals surface area contributed by atoms with Gasteiger partial charge in [-0.25, -0.2) is 9.37 Å². The number of nitrogens with zero attached hydrogens (tertiary/aromatic N) is 2. The number of rotatable bonds is 4. The highest BCUT2D eigenvalue weighted by atomic mass is 19.1. The number of halogens is 1. The lowest BCUT2D eigenvalue weighted by molar-refractivity contribution is 0.450. The molecule has 1 heterocycles. The van der Waals surface area contributed by atoms with Crippen LogP contribution in [0.25, 0.3) is 0 Å². The third-order valence-electron chi connectivity index (χ3n) is 3.64. The molecule has 1 saturated carbocycles. The lowest BCUT2D eigenvalue weighted by atomic mass is 10.2.